The fourth-order valence-electron chi connectivity index (χ4n) is 2.87. The highest BCUT2D eigenvalue weighted by molar-refractivity contribution is 5.95. The molecule has 0 radical (unpaired) electrons. The highest BCUT2D eigenvalue weighted by Gasteiger charge is 2.38. The van der Waals surface area contributed by atoms with Gasteiger partial charge >= 0.3 is 6.18 Å². The highest BCUT2D eigenvalue weighted by atomic mass is 19.4. The Kier molecular flexibility index (Phi) is 5.60. The number of benzene rings is 2. The number of carbonyl (C=O) groups is 1. The van der Waals surface area contributed by atoms with Crippen molar-refractivity contribution in [2.75, 3.05) is 6.54 Å². The maximum absolute atomic E-state index is 14.5. The maximum atomic E-state index is 14.5. The predicted molar refractivity (Wildman–Crippen MR) is 96.3 cm³/mol. The summed E-state index contributed by atoms with van der Waals surface area (Å²) in [6, 6.07) is 6.84. The minimum absolute atomic E-state index is 0.322. The molecule has 0 aliphatic heterocycles. The van der Waals surface area contributed by atoms with Gasteiger partial charge in [0.15, 0.2) is 0 Å². The zero-order valence-electron chi connectivity index (χ0n) is 15.5. The van der Waals surface area contributed by atoms with E-state index in [1.165, 1.54) is 23.0 Å². The van der Waals surface area contributed by atoms with Crippen LogP contribution in [0.15, 0.2) is 54.9 Å². The van der Waals surface area contributed by atoms with Crippen LogP contribution in [0.4, 0.5) is 26.3 Å². The minimum atomic E-state index is -4.83. The fourth-order valence-corrected chi connectivity index (χ4v) is 2.87. The van der Waals surface area contributed by atoms with E-state index < -0.39 is 47.1 Å². The Balaban J connectivity index is 1.78. The van der Waals surface area contributed by atoms with Crippen molar-refractivity contribution < 1.29 is 31.1 Å². The van der Waals surface area contributed by atoms with E-state index in [1.807, 2.05) is 0 Å². The summed E-state index contributed by atoms with van der Waals surface area (Å²) in [5, 5.41) is 5.67. The molecule has 1 N–H and O–H groups in total. The number of hydrogen-bond donors (Lipinski definition) is 1. The van der Waals surface area contributed by atoms with Crippen LogP contribution >= 0.6 is 0 Å². The molecule has 3 rings (SSSR count). The van der Waals surface area contributed by atoms with Gasteiger partial charge in [-0.3, -0.25) is 9.48 Å². The van der Waals surface area contributed by atoms with Crippen molar-refractivity contribution in [1.29, 1.82) is 0 Å². The molecule has 1 amide bonds. The number of amides is 1. The molecular weight excluding hydrogens is 412 g/mol. The van der Waals surface area contributed by atoms with Gasteiger partial charge in [-0.15, -0.1) is 0 Å². The maximum Gasteiger partial charge on any atom is 0.417 e. The first kappa shape index (κ1) is 21.4. The first-order chi connectivity index (χ1) is 14.0. The Hall–Kier alpha value is -3.30. The fraction of sp³-hybridized carbons (Fsp3) is 0.200. The zero-order chi connectivity index (χ0) is 22.1. The molecule has 0 atom stereocenters. The summed E-state index contributed by atoms with van der Waals surface area (Å²) in [7, 11) is 1.64. The van der Waals surface area contributed by atoms with Crippen LogP contribution in [0.5, 0.6) is 0 Å². The first-order valence-electron chi connectivity index (χ1n) is 8.60. The molecule has 4 nitrogen and oxygen atoms in total. The average molecular weight is 427 g/mol. The quantitative estimate of drug-likeness (QED) is 0.597. The van der Waals surface area contributed by atoms with Crippen LogP contribution in [0.2, 0.25) is 0 Å². The van der Waals surface area contributed by atoms with Crippen molar-refractivity contribution >= 4 is 5.91 Å². The summed E-state index contributed by atoms with van der Waals surface area (Å²) in [5.74, 6) is -6.40. The molecule has 0 saturated carbocycles. The third-order valence-electron chi connectivity index (χ3n) is 4.35. The van der Waals surface area contributed by atoms with Crippen LogP contribution in [0.3, 0.4) is 0 Å². The van der Waals surface area contributed by atoms with Crippen molar-refractivity contribution in [3.63, 3.8) is 0 Å². The summed E-state index contributed by atoms with van der Waals surface area (Å²) in [6.07, 6.45) is -1.82. The molecule has 1 aromatic heterocycles. The average Bonchev–Trinajstić information content (AvgIpc) is 3.11. The second-order valence-corrected chi connectivity index (χ2v) is 6.53. The van der Waals surface area contributed by atoms with Crippen molar-refractivity contribution in [2.45, 2.75) is 12.1 Å². The Bertz CT molecular complexity index is 1070. The summed E-state index contributed by atoms with van der Waals surface area (Å²) < 4.78 is 83.7. The van der Waals surface area contributed by atoms with Crippen molar-refractivity contribution in [1.82, 2.24) is 15.1 Å². The second-order valence-electron chi connectivity index (χ2n) is 6.53. The molecule has 0 unspecified atom stereocenters. The normalized spacial score (nSPS) is 12.1. The van der Waals surface area contributed by atoms with E-state index in [1.54, 1.807) is 18.6 Å². The van der Waals surface area contributed by atoms with Crippen molar-refractivity contribution in [2.24, 2.45) is 7.05 Å². The molecule has 2 aromatic carbocycles. The largest absolute Gasteiger partial charge is 0.417 e. The Morgan fingerprint density at radius 3 is 2.33 bits per heavy atom. The van der Waals surface area contributed by atoms with Crippen molar-refractivity contribution in [3.8, 4) is 11.1 Å². The van der Waals surface area contributed by atoms with E-state index >= 15 is 0 Å². The molecular formula is C20H15F6N3O. The van der Waals surface area contributed by atoms with E-state index in [9.17, 15) is 31.1 Å². The lowest BCUT2D eigenvalue weighted by Gasteiger charge is -2.19. The van der Waals surface area contributed by atoms with Crippen LogP contribution in [0.1, 0.15) is 21.5 Å². The molecule has 3 aromatic rings. The Morgan fingerprint density at radius 1 is 1.03 bits per heavy atom. The smallest absolute Gasteiger partial charge is 0.346 e. The van der Waals surface area contributed by atoms with Gasteiger partial charge in [-0.05, 0) is 29.8 Å². The number of alkyl halides is 5. The summed E-state index contributed by atoms with van der Waals surface area (Å²) >= 11 is 0. The molecule has 0 bridgehead atoms. The monoisotopic (exact) mass is 427 g/mol. The molecule has 10 heteroatoms. The Labute approximate surface area is 167 Å². The van der Waals surface area contributed by atoms with E-state index in [4.69, 9.17) is 0 Å². The van der Waals surface area contributed by atoms with E-state index in [0.717, 1.165) is 24.3 Å². The lowest BCUT2D eigenvalue weighted by Crippen LogP contribution is -2.36. The third-order valence-corrected chi connectivity index (χ3v) is 4.35. The molecule has 0 fully saturated rings. The predicted octanol–water partition coefficient (Wildman–Crippen LogP) is 4.77. The van der Waals surface area contributed by atoms with Crippen LogP contribution in [-0.2, 0) is 19.1 Å². The first-order valence-corrected chi connectivity index (χ1v) is 8.60. The van der Waals surface area contributed by atoms with E-state index in [0.29, 0.717) is 17.2 Å². The number of carbonyl (C=O) groups excluding carboxylic acids is 1. The van der Waals surface area contributed by atoms with Gasteiger partial charge in [0.1, 0.15) is 5.82 Å². The Morgan fingerprint density at radius 2 is 1.73 bits per heavy atom. The molecule has 0 saturated heterocycles. The van der Waals surface area contributed by atoms with Gasteiger partial charge in [0.25, 0.3) is 11.8 Å². The lowest BCUT2D eigenvalue weighted by molar-refractivity contribution is -0.137. The summed E-state index contributed by atoms with van der Waals surface area (Å²) in [5.41, 5.74) is -2.20. The van der Waals surface area contributed by atoms with Gasteiger partial charge < -0.3 is 5.32 Å². The van der Waals surface area contributed by atoms with E-state index in [2.05, 4.69) is 5.10 Å². The minimum Gasteiger partial charge on any atom is -0.346 e. The highest BCUT2D eigenvalue weighted by Crippen LogP contribution is 2.34. The molecule has 0 spiro atoms. The van der Waals surface area contributed by atoms with Gasteiger partial charge in [-0.1, -0.05) is 18.2 Å². The van der Waals surface area contributed by atoms with Crippen LogP contribution in [0.25, 0.3) is 11.1 Å². The molecule has 158 valence electrons. The van der Waals surface area contributed by atoms with Crippen LogP contribution in [0, 0.1) is 5.82 Å². The number of aryl methyl sites for hydroxylation is 1. The SMILES string of the molecule is Cn1cc(-c2ccc(C(F)(F)CNC(=O)c3ccccc3C(F)(F)F)c(F)c2)cn1. The van der Waals surface area contributed by atoms with Gasteiger partial charge in [0.2, 0.25) is 0 Å². The van der Waals surface area contributed by atoms with Crippen molar-refractivity contribution in [3.05, 3.63) is 77.4 Å². The summed E-state index contributed by atoms with van der Waals surface area (Å²) in [6.45, 7) is -1.37. The van der Waals surface area contributed by atoms with Crippen LogP contribution < -0.4 is 5.32 Å². The standard InChI is InChI=1S/C20H15F6N3O/c1-29-10-13(9-28-29)12-6-7-16(17(21)8-12)19(22,23)11-27-18(30)14-4-2-3-5-15(14)20(24,25)26/h2-10H,11H2,1H3,(H,27,30). The van der Waals surface area contributed by atoms with Gasteiger partial charge in [0.05, 0.1) is 29.4 Å². The van der Waals surface area contributed by atoms with Crippen LogP contribution in [-0.4, -0.2) is 22.2 Å². The molecule has 0 aliphatic carbocycles. The summed E-state index contributed by atoms with van der Waals surface area (Å²) in [4.78, 5) is 12.1. The molecule has 30 heavy (non-hydrogen) atoms. The number of aromatic nitrogens is 2. The van der Waals surface area contributed by atoms with Gasteiger partial charge in [-0.2, -0.15) is 27.1 Å². The van der Waals surface area contributed by atoms with E-state index in [-0.39, 0.29) is 0 Å². The zero-order valence-corrected chi connectivity index (χ0v) is 15.5. The topological polar surface area (TPSA) is 46.9 Å². The van der Waals surface area contributed by atoms with Gasteiger partial charge in [0, 0.05) is 18.8 Å². The third kappa shape index (κ3) is 4.47. The molecule has 0 aliphatic rings. The number of rotatable bonds is 5. The van der Waals surface area contributed by atoms with Gasteiger partial charge in [-0.25, -0.2) is 4.39 Å². The number of nitrogens with zero attached hydrogens (tertiary/aromatic N) is 2. The lowest BCUT2D eigenvalue weighted by atomic mass is 10.0. The molecule has 1 heterocycles. The number of halogens is 6. The number of nitrogens with one attached hydrogen (secondary N) is 1. The second kappa shape index (κ2) is 7.85. The number of hydrogen-bond acceptors (Lipinski definition) is 2.